The molecule has 0 radical (unpaired) electrons. The Hall–Kier alpha value is -4.19. The van der Waals surface area contributed by atoms with Gasteiger partial charge in [0.15, 0.2) is 0 Å². The molecule has 0 saturated heterocycles. The summed E-state index contributed by atoms with van der Waals surface area (Å²) in [6, 6.07) is 15.9. The summed E-state index contributed by atoms with van der Waals surface area (Å²) in [6.07, 6.45) is 2.99. The number of rotatable bonds is 5. The van der Waals surface area contributed by atoms with E-state index < -0.39 is 0 Å². The minimum Gasteiger partial charge on any atom is -0.355 e. The lowest BCUT2D eigenvalue weighted by molar-refractivity contribution is -0.111. The molecule has 0 fully saturated rings. The average Bonchev–Trinajstić information content (AvgIpc) is 2.79. The normalized spacial score (nSPS) is 10.8. The largest absolute Gasteiger partial charge is 0.355 e. The Labute approximate surface area is 191 Å². The number of carbonyl (C=O) groups is 1. The Bertz CT molecular complexity index is 1450. The summed E-state index contributed by atoms with van der Waals surface area (Å²) in [4.78, 5) is 24.6. The summed E-state index contributed by atoms with van der Waals surface area (Å²) in [5.74, 6) is -0.612. The van der Waals surface area contributed by atoms with Gasteiger partial charge in [0.1, 0.15) is 5.82 Å². The molecule has 166 valence electrons. The minimum atomic E-state index is -0.322. The van der Waals surface area contributed by atoms with Gasteiger partial charge in [0.25, 0.3) is 5.56 Å². The average molecular weight is 442 g/mol. The van der Waals surface area contributed by atoms with Crippen molar-refractivity contribution in [3.05, 3.63) is 101 Å². The van der Waals surface area contributed by atoms with Gasteiger partial charge < -0.3 is 15.2 Å². The second-order valence-electron chi connectivity index (χ2n) is 8.00. The van der Waals surface area contributed by atoms with Crippen LogP contribution in [0.1, 0.15) is 11.1 Å². The molecule has 3 aromatic carbocycles. The summed E-state index contributed by atoms with van der Waals surface area (Å²) in [5, 5.41) is 7.63. The van der Waals surface area contributed by atoms with Crippen molar-refractivity contribution in [1.29, 1.82) is 0 Å². The van der Waals surface area contributed by atoms with Gasteiger partial charge in [0.2, 0.25) is 5.91 Å². The van der Waals surface area contributed by atoms with E-state index in [1.54, 1.807) is 29.9 Å². The van der Waals surface area contributed by atoms with Crippen LogP contribution < -0.4 is 16.2 Å². The summed E-state index contributed by atoms with van der Waals surface area (Å²) >= 11 is 0. The fourth-order valence-corrected chi connectivity index (χ4v) is 4.02. The lowest BCUT2D eigenvalue weighted by Gasteiger charge is -2.19. The number of nitrogens with one attached hydrogen (secondary N) is 2. The van der Waals surface area contributed by atoms with Crippen molar-refractivity contribution in [2.24, 2.45) is 7.05 Å². The molecule has 0 saturated carbocycles. The molecule has 6 heteroatoms. The van der Waals surface area contributed by atoms with Crippen molar-refractivity contribution in [2.45, 2.75) is 13.8 Å². The molecule has 0 spiro atoms. The standard InChI is InChI=1S/C27H24FN3O2/c1-5-25(32)29-19-10-11-24(30-26-16(2)12-18(28)13-17(26)3)22(14-19)23-15-31(4)27(33)21-9-7-6-8-20(21)23/h5-15,30H,1H2,2-4H3,(H,29,32). The van der Waals surface area contributed by atoms with Crippen molar-refractivity contribution in [1.82, 2.24) is 4.57 Å². The zero-order valence-electron chi connectivity index (χ0n) is 18.7. The second-order valence-corrected chi connectivity index (χ2v) is 8.00. The van der Waals surface area contributed by atoms with Crippen molar-refractivity contribution >= 4 is 33.7 Å². The van der Waals surface area contributed by atoms with Crippen LogP contribution in [0.2, 0.25) is 0 Å². The number of pyridine rings is 1. The molecule has 5 nitrogen and oxygen atoms in total. The molecule has 0 bridgehead atoms. The number of anilines is 3. The van der Waals surface area contributed by atoms with Gasteiger partial charge >= 0.3 is 0 Å². The Morgan fingerprint density at radius 2 is 1.67 bits per heavy atom. The molecule has 0 unspecified atom stereocenters. The van der Waals surface area contributed by atoms with Gasteiger partial charge in [0.05, 0.1) is 0 Å². The predicted molar refractivity (Wildman–Crippen MR) is 133 cm³/mol. The minimum absolute atomic E-state index is 0.0924. The number of halogens is 1. The first kappa shape index (κ1) is 22.0. The third kappa shape index (κ3) is 4.28. The molecule has 0 aliphatic heterocycles. The third-order valence-electron chi connectivity index (χ3n) is 5.61. The predicted octanol–water partition coefficient (Wildman–Crippen LogP) is 5.83. The van der Waals surface area contributed by atoms with E-state index in [9.17, 15) is 14.0 Å². The van der Waals surface area contributed by atoms with Gasteiger partial charge in [-0.2, -0.15) is 0 Å². The van der Waals surface area contributed by atoms with E-state index in [1.165, 1.54) is 18.2 Å². The highest BCUT2D eigenvalue weighted by molar-refractivity contribution is 6.03. The van der Waals surface area contributed by atoms with E-state index in [0.29, 0.717) is 11.1 Å². The van der Waals surface area contributed by atoms with Crippen LogP contribution in [0.4, 0.5) is 21.5 Å². The number of fused-ring (bicyclic) bond motifs is 1. The van der Waals surface area contributed by atoms with E-state index in [2.05, 4.69) is 17.2 Å². The summed E-state index contributed by atoms with van der Waals surface area (Å²) in [7, 11) is 1.71. The monoisotopic (exact) mass is 441 g/mol. The number of benzene rings is 3. The van der Waals surface area contributed by atoms with Crippen LogP contribution in [-0.2, 0) is 11.8 Å². The highest BCUT2D eigenvalue weighted by Crippen LogP contribution is 2.37. The number of aromatic nitrogens is 1. The van der Waals surface area contributed by atoms with Gasteiger partial charge in [-0.25, -0.2) is 4.39 Å². The zero-order valence-corrected chi connectivity index (χ0v) is 18.7. The van der Waals surface area contributed by atoms with Crippen molar-refractivity contribution in [2.75, 3.05) is 10.6 Å². The molecule has 0 aliphatic carbocycles. The van der Waals surface area contributed by atoms with Crippen LogP contribution >= 0.6 is 0 Å². The molecule has 4 rings (SSSR count). The first-order valence-corrected chi connectivity index (χ1v) is 10.5. The van der Waals surface area contributed by atoms with Crippen LogP contribution in [0.25, 0.3) is 21.9 Å². The molecule has 1 amide bonds. The highest BCUT2D eigenvalue weighted by Gasteiger charge is 2.15. The van der Waals surface area contributed by atoms with E-state index >= 15 is 0 Å². The Morgan fingerprint density at radius 1 is 1.00 bits per heavy atom. The maximum atomic E-state index is 13.8. The lowest BCUT2D eigenvalue weighted by Crippen LogP contribution is -2.16. The number of carbonyl (C=O) groups excluding carboxylic acids is 1. The third-order valence-corrected chi connectivity index (χ3v) is 5.61. The number of hydrogen-bond donors (Lipinski definition) is 2. The summed E-state index contributed by atoms with van der Waals surface area (Å²) in [6.45, 7) is 7.20. The molecular weight excluding hydrogens is 417 g/mol. The van der Waals surface area contributed by atoms with Gasteiger partial charge in [-0.15, -0.1) is 0 Å². The van der Waals surface area contributed by atoms with E-state index in [4.69, 9.17) is 0 Å². The van der Waals surface area contributed by atoms with Crippen molar-refractivity contribution in [3.8, 4) is 11.1 Å². The van der Waals surface area contributed by atoms with Crippen LogP contribution in [0, 0.1) is 19.7 Å². The summed E-state index contributed by atoms with van der Waals surface area (Å²) in [5.41, 5.74) is 5.20. The van der Waals surface area contributed by atoms with Crippen molar-refractivity contribution < 1.29 is 9.18 Å². The first-order chi connectivity index (χ1) is 15.8. The van der Waals surface area contributed by atoms with Crippen molar-refractivity contribution in [3.63, 3.8) is 0 Å². The molecule has 0 atom stereocenters. The number of nitrogens with zero attached hydrogens (tertiary/aromatic N) is 1. The second kappa shape index (κ2) is 8.74. The Morgan fingerprint density at radius 3 is 2.33 bits per heavy atom. The topological polar surface area (TPSA) is 63.1 Å². The van der Waals surface area contributed by atoms with E-state index in [-0.39, 0.29) is 17.3 Å². The van der Waals surface area contributed by atoms with Gasteiger partial charge in [-0.1, -0.05) is 24.8 Å². The van der Waals surface area contributed by atoms with E-state index in [0.717, 1.165) is 39.0 Å². The summed E-state index contributed by atoms with van der Waals surface area (Å²) < 4.78 is 15.4. The lowest BCUT2D eigenvalue weighted by atomic mass is 9.97. The molecule has 1 aromatic heterocycles. The number of hydrogen-bond acceptors (Lipinski definition) is 3. The quantitative estimate of drug-likeness (QED) is 0.383. The molecule has 1 heterocycles. The van der Waals surface area contributed by atoms with Crippen LogP contribution in [0.5, 0.6) is 0 Å². The SMILES string of the molecule is C=CC(=O)Nc1ccc(Nc2c(C)cc(F)cc2C)c(-c2cn(C)c(=O)c3ccccc23)c1. The Balaban J connectivity index is 1.96. The number of amides is 1. The smallest absolute Gasteiger partial charge is 0.258 e. The first-order valence-electron chi connectivity index (χ1n) is 10.5. The van der Waals surface area contributed by atoms with E-state index in [1.807, 2.05) is 44.2 Å². The maximum absolute atomic E-state index is 13.8. The zero-order chi connectivity index (χ0) is 23.7. The van der Waals surface area contributed by atoms with Crippen LogP contribution in [0.3, 0.4) is 0 Å². The fraction of sp³-hybridized carbons (Fsp3) is 0.111. The molecule has 33 heavy (non-hydrogen) atoms. The molecule has 4 aromatic rings. The van der Waals surface area contributed by atoms with Gasteiger partial charge in [-0.05, 0) is 72.8 Å². The van der Waals surface area contributed by atoms with Crippen LogP contribution in [0.15, 0.2) is 78.2 Å². The fourth-order valence-electron chi connectivity index (χ4n) is 4.02. The number of aryl methyl sites for hydroxylation is 3. The highest BCUT2D eigenvalue weighted by atomic mass is 19.1. The van der Waals surface area contributed by atoms with Gasteiger partial charge in [-0.3, -0.25) is 9.59 Å². The van der Waals surface area contributed by atoms with Gasteiger partial charge in [0, 0.05) is 46.8 Å². The molecule has 2 N–H and O–H groups in total. The molecular formula is C27H24FN3O2. The molecule has 0 aliphatic rings. The maximum Gasteiger partial charge on any atom is 0.258 e. The van der Waals surface area contributed by atoms with Crippen LogP contribution in [-0.4, -0.2) is 10.5 Å². The Kier molecular flexibility index (Phi) is 5.84.